The maximum absolute atomic E-state index is 12.5. The molecule has 0 unspecified atom stereocenters. The maximum atomic E-state index is 12.5. The molecule has 0 bridgehead atoms. The van der Waals surface area contributed by atoms with Crippen LogP contribution in [0, 0.1) is 19.8 Å². The van der Waals surface area contributed by atoms with E-state index in [1.54, 1.807) is 0 Å². The zero-order chi connectivity index (χ0) is 24.2. The van der Waals surface area contributed by atoms with Gasteiger partial charge in [-0.15, -0.1) is 10.2 Å². The van der Waals surface area contributed by atoms with E-state index >= 15 is 0 Å². The molecule has 1 aromatic carbocycles. The number of aromatic nitrogens is 5. The van der Waals surface area contributed by atoms with Crippen molar-refractivity contribution < 1.29 is 9.53 Å². The molecule has 33 heavy (non-hydrogen) atoms. The van der Waals surface area contributed by atoms with Crippen LogP contribution < -0.4 is 5.32 Å². The molecule has 0 saturated carbocycles. The van der Waals surface area contributed by atoms with Crippen molar-refractivity contribution in [2.75, 3.05) is 0 Å². The molecular formula is C25H34N6O2. The highest BCUT2D eigenvalue weighted by Gasteiger charge is 2.23. The Morgan fingerprint density at radius 3 is 2.39 bits per heavy atom. The molecule has 0 aliphatic heterocycles. The fraction of sp³-hybridized carbons (Fsp3) is 0.480. The Labute approximate surface area is 195 Å². The van der Waals surface area contributed by atoms with E-state index in [2.05, 4.69) is 71.0 Å². The highest BCUT2D eigenvalue weighted by molar-refractivity contribution is 5.74. The van der Waals surface area contributed by atoms with Crippen molar-refractivity contribution in [1.82, 2.24) is 30.9 Å². The number of hydrogen-bond donors (Lipinski definition) is 2. The van der Waals surface area contributed by atoms with E-state index in [1.165, 1.54) is 5.56 Å². The van der Waals surface area contributed by atoms with Crippen LogP contribution in [-0.2, 0) is 24.2 Å². The van der Waals surface area contributed by atoms with Crippen molar-refractivity contribution in [3.05, 3.63) is 58.2 Å². The monoisotopic (exact) mass is 450 g/mol. The predicted octanol–water partition coefficient (Wildman–Crippen LogP) is 4.69. The highest BCUT2D eigenvalue weighted by Crippen LogP contribution is 2.34. The zero-order valence-corrected chi connectivity index (χ0v) is 20.6. The van der Waals surface area contributed by atoms with Crippen LogP contribution in [0.15, 0.2) is 24.3 Å². The third kappa shape index (κ3) is 6.60. The maximum Gasteiger partial charge on any atom is 0.407 e. The van der Waals surface area contributed by atoms with Gasteiger partial charge in [-0.3, -0.25) is 4.98 Å². The topological polar surface area (TPSA) is 106 Å². The summed E-state index contributed by atoms with van der Waals surface area (Å²) in [7, 11) is 0. The van der Waals surface area contributed by atoms with Crippen LogP contribution >= 0.6 is 0 Å². The third-order valence-corrected chi connectivity index (χ3v) is 5.18. The summed E-state index contributed by atoms with van der Waals surface area (Å²) < 4.78 is 5.70. The van der Waals surface area contributed by atoms with Gasteiger partial charge >= 0.3 is 6.09 Å². The molecule has 0 aliphatic rings. The Balaban J connectivity index is 2.14. The number of hydrogen-bond acceptors (Lipinski definition) is 6. The van der Waals surface area contributed by atoms with Crippen molar-refractivity contribution in [2.45, 2.75) is 73.5 Å². The van der Waals surface area contributed by atoms with Crippen LogP contribution in [-0.4, -0.2) is 37.2 Å². The van der Waals surface area contributed by atoms with Gasteiger partial charge in [-0.25, -0.2) is 4.79 Å². The molecule has 0 radical (unpaired) electrons. The number of benzene rings is 1. The van der Waals surface area contributed by atoms with Crippen LogP contribution in [0.3, 0.4) is 0 Å². The Hall–Kier alpha value is -3.29. The quantitative estimate of drug-likeness (QED) is 0.541. The number of nitrogens with zero attached hydrogens (tertiary/aromatic N) is 4. The van der Waals surface area contributed by atoms with Crippen molar-refractivity contribution in [2.24, 2.45) is 5.92 Å². The van der Waals surface area contributed by atoms with E-state index in [0.29, 0.717) is 18.2 Å². The van der Waals surface area contributed by atoms with Gasteiger partial charge in [-0.1, -0.05) is 48.9 Å². The second-order valence-corrected chi connectivity index (χ2v) is 9.90. The minimum Gasteiger partial charge on any atom is -0.445 e. The summed E-state index contributed by atoms with van der Waals surface area (Å²) in [6, 6.07) is 8.37. The van der Waals surface area contributed by atoms with Gasteiger partial charge in [0.2, 0.25) is 0 Å². The lowest BCUT2D eigenvalue weighted by Gasteiger charge is -2.23. The Bertz CT molecular complexity index is 1080. The van der Waals surface area contributed by atoms with Crippen molar-refractivity contribution in [3.63, 3.8) is 0 Å². The molecule has 0 saturated heterocycles. The average Bonchev–Trinajstić information content (AvgIpc) is 3.21. The summed E-state index contributed by atoms with van der Waals surface area (Å²) in [5.41, 5.74) is 6.63. The molecule has 3 aromatic rings. The summed E-state index contributed by atoms with van der Waals surface area (Å²) in [6.45, 7) is 14.3. The standard InChI is InChI=1S/C25H34N6O2/c1-15(2)12-21-20(14-33-24(32)27-25(5,6)7)23(18-10-8-16(3)9-11-18)19(17(4)26-21)13-22-28-30-31-29-22/h8-11,15H,12-14H2,1-7H3,(H,27,32)(H,28,29,30,31). The van der Waals surface area contributed by atoms with Crippen LogP contribution in [0.4, 0.5) is 4.79 Å². The van der Waals surface area contributed by atoms with Gasteiger partial charge in [0.1, 0.15) is 6.61 Å². The van der Waals surface area contributed by atoms with Crippen LogP contribution in [0.1, 0.15) is 68.5 Å². The predicted molar refractivity (Wildman–Crippen MR) is 128 cm³/mol. The first-order chi connectivity index (χ1) is 15.5. The molecule has 3 rings (SSSR count). The van der Waals surface area contributed by atoms with Crippen LogP contribution in [0.25, 0.3) is 11.1 Å². The number of aryl methyl sites for hydroxylation is 2. The smallest absolute Gasteiger partial charge is 0.407 e. The molecule has 0 spiro atoms. The molecule has 2 aromatic heterocycles. The van der Waals surface area contributed by atoms with Crippen molar-refractivity contribution in [1.29, 1.82) is 0 Å². The molecule has 0 aliphatic carbocycles. The summed E-state index contributed by atoms with van der Waals surface area (Å²) in [6.07, 6.45) is 0.803. The normalized spacial score (nSPS) is 11.6. The van der Waals surface area contributed by atoms with Crippen LogP contribution in [0.5, 0.6) is 0 Å². The number of nitrogens with one attached hydrogen (secondary N) is 2. The number of carbonyl (C=O) groups excluding carboxylic acids is 1. The number of tetrazole rings is 1. The first-order valence-electron chi connectivity index (χ1n) is 11.3. The summed E-state index contributed by atoms with van der Waals surface area (Å²) in [4.78, 5) is 17.4. The average molecular weight is 451 g/mol. The fourth-order valence-electron chi connectivity index (χ4n) is 3.74. The molecule has 8 nitrogen and oxygen atoms in total. The van der Waals surface area contributed by atoms with E-state index in [0.717, 1.165) is 40.1 Å². The molecule has 0 atom stereocenters. The number of carbonyl (C=O) groups is 1. The first kappa shape index (κ1) is 24.4. The number of aromatic amines is 1. The number of alkyl carbamates (subject to hydrolysis) is 1. The van der Waals surface area contributed by atoms with Crippen LogP contribution in [0.2, 0.25) is 0 Å². The number of ether oxygens (including phenoxy) is 1. The lowest BCUT2D eigenvalue weighted by atomic mass is 9.89. The lowest BCUT2D eigenvalue weighted by molar-refractivity contribution is 0.131. The van der Waals surface area contributed by atoms with Gasteiger partial charge in [0.05, 0.1) is 0 Å². The largest absolute Gasteiger partial charge is 0.445 e. The van der Waals surface area contributed by atoms with Crippen molar-refractivity contribution >= 4 is 6.09 Å². The molecule has 2 heterocycles. The molecule has 176 valence electrons. The SMILES string of the molecule is Cc1ccc(-c2c(Cc3nn[nH]n3)c(C)nc(CC(C)C)c2COC(=O)NC(C)(C)C)cc1. The van der Waals surface area contributed by atoms with Gasteiger partial charge in [0, 0.05) is 28.9 Å². The second-order valence-electron chi connectivity index (χ2n) is 9.90. The van der Waals surface area contributed by atoms with E-state index in [4.69, 9.17) is 9.72 Å². The Kier molecular flexibility index (Phi) is 7.46. The third-order valence-electron chi connectivity index (χ3n) is 5.18. The summed E-state index contributed by atoms with van der Waals surface area (Å²) in [5, 5.41) is 17.4. The number of amides is 1. The van der Waals surface area contributed by atoms with E-state index in [-0.39, 0.29) is 12.1 Å². The van der Waals surface area contributed by atoms with Gasteiger partial charge in [-0.05, 0) is 63.6 Å². The van der Waals surface area contributed by atoms with Gasteiger partial charge in [0.15, 0.2) is 5.82 Å². The van der Waals surface area contributed by atoms with Gasteiger partial charge in [-0.2, -0.15) is 5.21 Å². The fourth-order valence-corrected chi connectivity index (χ4v) is 3.74. The van der Waals surface area contributed by atoms with Gasteiger partial charge in [0.25, 0.3) is 0 Å². The zero-order valence-electron chi connectivity index (χ0n) is 20.6. The number of H-pyrrole nitrogens is 1. The minimum absolute atomic E-state index is 0.125. The van der Waals surface area contributed by atoms with E-state index < -0.39 is 6.09 Å². The van der Waals surface area contributed by atoms with E-state index in [1.807, 2.05) is 27.7 Å². The first-order valence-corrected chi connectivity index (χ1v) is 11.3. The van der Waals surface area contributed by atoms with E-state index in [9.17, 15) is 4.79 Å². The second kappa shape index (κ2) is 10.1. The molecule has 0 fully saturated rings. The molecule has 2 N–H and O–H groups in total. The molecule has 1 amide bonds. The number of pyridine rings is 1. The Morgan fingerprint density at radius 1 is 1.12 bits per heavy atom. The molecular weight excluding hydrogens is 416 g/mol. The lowest BCUT2D eigenvalue weighted by Crippen LogP contribution is -2.40. The minimum atomic E-state index is -0.451. The summed E-state index contributed by atoms with van der Waals surface area (Å²) >= 11 is 0. The number of rotatable bonds is 7. The van der Waals surface area contributed by atoms with Crippen molar-refractivity contribution in [3.8, 4) is 11.1 Å². The highest BCUT2D eigenvalue weighted by atomic mass is 16.5. The summed E-state index contributed by atoms with van der Waals surface area (Å²) in [5.74, 6) is 0.982. The molecule has 8 heteroatoms. The van der Waals surface area contributed by atoms with Gasteiger partial charge < -0.3 is 10.1 Å². The Morgan fingerprint density at radius 2 is 1.82 bits per heavy atom.